The fraction of sp³-hybridized carbons (Fsp3) is 0.625. The number of ether oxygens (including phenoxy) is 1. The number of likely N-dealkylation sites (tertiary alicyclic amines) is 1. The van der Waals surface area contributed by atoms with E-state index in [0.717, 1.165) is 0 Å². The number of hydrogen-bond donors (Lipinski definition) is 2. The third kappa shape index (κ3) is 3.08. The Morgan fingerprint density at radius 3 is 2.74 bits per heavy atom. The molecule has 0 unspecified atom stereocenters. The second-order valence-electron chi connectivity index (χ2n) is 6.61. The molecule has 2 aliphatic heterocycles. The summed E-state index contributed by atoms with van der Waals surface area (Å²) in [4.78, 5) is 18.2. The van der Waals surface area contributed by atoms with Gasteiger partial charge in [-0.3, -0.25) is 9.78 Å². The standard InChI is InChI=1S/C16H21ClN2O4/c1-15(22)4-7-23-16(14(15)21)2-5-19(6-3-16)13(20)11-8-12(17)10-18-9-11/h8-10,14,21-22H,2-7H2,1H3/t14-,15+/m0/s1. The summed E-state index contributed by atoms with van der Waals surface area (Å²) in [5.74, 6) is -0.132. The molecule has 3 rings (SSSR count). The van der Waals surface area contributed by atoms with Gasteiger partial charge in [-0.05, 0) is 25.8 Å². The van der Waals surface area contributed by atoms with Gasteiger partial charge >= 0.3 is 0 Å². The Morgan fingerprint density at radius 1 is 1.39 bits per heavy atom. The van der Waals surface area contributed by atoms with Gasteiger partial charge in [0.1, 0.15) is 11.7 Å². The number of amides is 1. The molecule has 0 aromatic carbocycles. The number of nitrogens with zero attached hydrogens (tertiary/aromatic N) is 2. The molecule has 0 bridgehead atoms. The van der Waals surface area contributed by atoms with E-state index in [4.69, 9.17) is 16.3 Å². The average molecular weight is 341 g/mol. The van der Waals surface area contributed by atoms with Crippen molar-refractivity contribution >= 4 is 17.5 Å². The topological polar surface area (TPSA) is 82.9 Å². The molecule has 1 amide bonds. The zero-order valence-electron chi connectivity index (χ0n) is 13.0. The minimum absolute atomic E-state index is 0.132. The van der Waals surface area contributed by atoms with E-state index in [-0.39, 0.29) is 5.91 Å². The van der Waals surface area contributed by atoms with Gasteiger partial charge in [0.15, 0.2) is 0 Å². The number of piperidine rings is 1. The lowest BCUT2D eigenvalue weighted by Crippen LogP contribution is -2.64. The van der Waals surface area contributed by atoms with Crippen LogP contribution in [0.4, 0.5) is 0 Å². The lowest BCUT2D eigenvalue weighted by atomic mass is 9.75. The van der Waals surface area contributed by atoms with Gasteiger partial charge in [-0.25, -0.2) is 0 Å². The highest BCUT2D eigenvalue weighted by atomic mass is 35.5. The van der Waals surface area contributed by atoms with E-state index in [9.17, 15) is 15.0 Å². The summed E-state index contributed by atoms with van der Waals surface area (Å²) in [5, 5.41) is 21.2. The van der Waals surface area contributed by atoms with Crippen LogP contribution in [0.3, 0.4) is 0 Å². The molecule has 7 heteroatoms. The highest BCUT2D eigenvalue weighted by molar-refractivity contribution is 6.30. The van der Waals surface area contributed by atoms with E-state index >= 15 is 0 Å². The van der Waals surface area contributed by atoms with Gasteiger partial charge in [-0.15, -0.1) is 0 Å². The molecule has 1 spiro atoms. The van der Waals surface area contributed by atoms with Crippen molar-refractivity contribution in [1.82, 2.24) is 9.88 Å². The summed E-state index contributed by atoms with van der Waals surface area (Å²) in [6, 6.07) is 1.60. The van der Waals surface area contributed by atoms with E-state index in [1.54, 1.807) is 17.9 Å². The molecule has 0 radical (unpaired) electrons. The summed E-state index contributed by atoms with van der Waals surface area (Å²) in [5.41, 5.74) is -1.47. The first-order valence-electron chi connectivity index (χ1n) is 7.78. The fourth-order valence-corrected chi connectivity index (χ4v) is 3.63. The first-order valence-corrected chi connectivity index (χ1v) is 8.16. The van der Waals surface area contributed by atoms with Gasteiger partial charge in [-0.1, -0.05) is 11.6 Å². The monoisotopic (exact) mass is 340 g/mol. The quantitative estimate of drug-likeness (QED) is 0.803. The van der Waals surface area contributed by atoms with Crippen molar-refractivity contribution in [3.05, 3.63) is 29.0 Å². The fourth-order valence-electron chi connectivity index (χ4n) is 3.46. The third-order valence-corrected chi connectivity index (χ3v) is 5.14. The minimum atomic E-state index is -1.15. The highest BCUT2D eigenvalue weighted by Gasteiger charge is 2.52. The maximum Gasteiger partial charge on any atom is 0.255 e. The predicted octanol–water partition coefficient (Wildman–Crippen LogP) is 1.24. The molecule has 126 valence electrons. The van der Waals surface area contributed by atoms with Gasteiger partial charge in [-0.2, -0.15) is 0 Å². The van der Waals surface area contributed by atoms with E-state index in [2.05, 4.69) is 4.98 Å². The molecular weight excluding hydrogens is 320 g/mol. The Morgan fingerprint density at radius 2 is 2.09 bits per heavy atom. The normalized spacial score (nSPS) is 30.4. The van der Waals surface area contributed by atoms with Crippen molar-refractivity contribution in [1.29, 1.82) is 0 Å². The number of rotatable bonds is 1. The van der Waals surface area contributed by atoms with Crippen molar-refractivity contribution in [2.45, 2.75) is 43.5 Å². The Bertz CT molecular complexity index is 599. The number of pyridine rings is 1. The van der Waals surface area contributed by atoms with Crippen LogP contribution in [0.15, 0.2) is 18.5 Å². The number of carbonyl (C=O) groups excluding carboxylic acids is 1. The minimum Gasteiger partial charge on any atom is -0.387 e. The van der Waals surface area contributed by atoms with Crippen LogP contribution in [0.2, 0.25) is 5.02 Å². The van der Waals surface area contributed by atoms with Gasteiger partial charge < -0.3 is 19.8 Å². The summed E-state index contributed by atoms with van der Waals surface area (Å²) in [6.45, 7) is 2.96. The summed E-state index contributed by atoms with van der Waals surface area (Å²) < 4.78 is 5.83. The predicted molar refractivity (Wildman–Crippen MR) is 84.3 cm³/mol. The number of hydrogen-bond acceptors (Lipinski definition) is 5. The molecule has 2 atom stereocenters. The summed E-state index contributed by atoms with van der Waals surface area (Å²) in [7, 11) is 0. The van der Waals surface area contributed by atoms with Crippen LogP contribution >= 0.6 is 11.6 Å². The Hall–Kier alpha value is -1.21. The van der Waals surface area contributed by atoms with Crippen molar-refractivity contribution in [3.63, 3.8) is 0 Å². The largest absolute Gasteiger partial charge is 0.387 e. The number of aromatic nitrogens is 1. The Labute approximate surface area is 140 Å². The first kappa shape index (κ1) is 16.6. The maximum atomic E-state index is 12.5. The molecule has 2 fully saturated rings. The molecular formula is C16H21ClN2O4. The molecule has 2 N–H and O–H groups in total. The van der Waals surface area contributed by atoms with Crippen LogP contribution < -0.4 is 0 Å². The Balaban J connectivity index is 1.70. The van der Waals surface area contributed by atoms with E-state index in [1.807, 2.05) is 0 Å². The van der Waals surface area contributed by atoms with Crippen LogP contribution in [0.5, 0.6) is 0 Å². The van der Waals surface area contributed by atoms with Crippen molar-refractivity contribution in [2.24, 2.45) is 0 Å². The second-order valence-corrected chi connectivity index (χ2v) is 7.04. The van der Waals surface area contributed by atoms with E-state index in [1.165, 1.54) is 12.4 Å². The van der Waals surface area contributed by atoms with Crippen molar-refractivity contribution in [3.8, 4) is 0 Å². The van der Waals surface area contributed by atoms with Crippen LogP contribution in [-0.4, -0.2) is 63.0 Å². The molecule has 0 aliphatic carbocycles. The zero-order valence-corrected chi connectivity index (χ0v) is 13.8. The molecule has 2 saturated heterocycles. The molecule has 23 heavy (non-hydrogen) atoms. The molecule has 6 nitrogen and oxygen atoms in total. The van der Waals surface area contributed by atoms with Crippen LogP contribution in [0.25, 0.3) is 0 Å². The Kier molecular flexibility index (Phi) is 4.35. The molecule has 1 aromatic heterocycles. The van der Waals surface area contributed by atoms with Crippen molar-refractivity contribution in [2.75, 3.05) is 19.7 Å². The average Bonchev–Trinajstić information content (AvgIpc) is 2.53. The van der Waals surface area contributed by atoms with Crippen molar-refractivity contribution < 1.29 is 19.7 Å². The number of halogens is 1. The zero-order chi connectivity index (χ0) is 16.7. The van der Waals surface area contributed by atoms with Crippen LogP contribution in [-0.2, 0) is 4.74 Å². The first-order chi connectivity index (χ1) is 10.8. The highest BCUT2D eigenvalue weighted by Crippen LogP contribution is 2.39. The number of aliphatic hydroxyl groups excluding tert-OH is 1. The smallest absolute Gasteiger partial charge is 0.255 e. The van der Waals surface area contributed by atoms with Gasteiger partial charge in [0.05, 0.1) is 22.8 Å². The summed E-state index contributed by atoms with van der Waals surface area (Å²) in [6.07, 6.45) is 3.42. The van der Waals surface area contributed by atoms with E-state index < -0.39 is 17.3 Å². The number of carbonyl (C=O) groups is 1. The molecule has 0 saturated carbocycles. The number of aliphatic hydroxyl groups is 2. The SMILES string of the molecule is C[C@@]1(O)CCOC2(CCN(C(=O)c3cncc(Cl)c3)CC2)[C@H]1O. The molecule has 2 aliphatic rings. The lowest BCUT2D eigenvalue weighted by Gasteiger charge is -2.51. The van der Waals surface area contributed by atoms with E-state index in [0.29, 0.717) is 49.5 Å². The lowest BCUT2D eigenvalue weighted by molar-refractivity contribution is -0.244. The van der Waals surface area contributed by atoms with Crippen LogP contribution in [0, 0.1) is 0 Å². The van der Waals surface area contributed by atoms with Gasteiger partial charge in [0.2, 0.25) is 0 Å². The van der Waals surface area contributed by atoms with Crippen LogP contribution in [0.1, 0.15) is 36.5 Å². The summed E-state index contributed by atoms with van der Waals surface area (Å²) >= 11 is 5.88. The molecule has 1 aromatic rings. The maximum absolute atomic E-state index is 12.5. The second kappa shape index (κ2) is 6.02. The van der Waals surface area contributed by atoms with Gasteiger partial charge in [0, 0.05) is 31.9 Å². The third-order valence-electron chi connectivity index (χ3n) is 4.93. The van der Waals surface area contributed by atoms with Gasteiger partial charge in [0.25, 0.3) is 5.91 Å². The molecule has 3 heterocycles.